The number of hydrogen-bond donors (Lipinski definition) is 2. The Morgan fingerprint density at radius 3 is 2.74 bits per heavy atom. The van der Waals surface area contributed by atoms with E-state index in [4.69, 9.17) is 0 Å². The Bertz CT molecular complexity index is 717. The van der Waals surface area contributed by atoms with Gasteiger partial charge in [-0.1, -0.05) is 48.1 Å². The van der Waals surface area contributed by atoms with Crippen LogP contribution in [-0.4, -0.2) is 37.9 Å². The number of hydrogen-bond acceptors (Lipinski definition) is 4. The van der Waals surface area contributed by atoms with Gasteiger partial charge >= 0.3 is 0 Å². The molecule has 3 fully saturated rings. The second kappa shape index (κ2) is 6.36. The van der Waals surface area contributed by atoms with E-state index in [-0.39, 0.29) is 29.3 Å². The number of rotatable bonds is 2. The highest BCUT2D eigenvalue weighted by Crippen LogP contribution is 2.68. The summed E-state index contributed by atoms with van der Waals surface area (Å²) in [6.07, 6.45) is 5.58. The molecule has 4 aliphatic rings. The molecule has 0 amide bonds. The molecule has 4 rings (SSSR count). The number of ketones is 2. The van der Waals surface area contributed by atoms with Gasteiger partial charge in [0.15, 0.2) is 5.78 Å². The molecule has 150 valence electrons. The molecule has 0 bridgehead atoms. The van der Waals surface area contributed by atoms with Crippen molar-refractivity contribution in [3.8, 4) is 0 Å². The molecule has 4 aliphatic carbocycles. The molecule has 2 N–H and O–H groups in total. The summed E-state index contributed by atoms with van der Waals surface area (Å²) in [4.78, 5) is 25.8. The van der Waals surface area contributed by atoms with Gasteiger partial charge in [-0.15, -0.1) is 0 Å². The van der Waals surface area contributed by atoms with Crippen LogP contribution in [0.2, 0.25) is 0 Å². The Balaban J connectivity index is 1.80. The molecule has 0 aromatic rings. The topological polar surface area (TPSA) is 74.6 Å². The van der Waals surface area contributed by atoms with E-state index in [1.165, 1.54) is 5.57 Å². The molecule has 27 heavy (non-hydrogen) atoms. The zero-order valence-corrected chi connectivity index (χ0v) is 18.7. The highest BCUT2D eigenvalue weighted by molar-refractivity contribution is 14.1. The fourth-order valence-electron chi connectivity index (χ4n) is 7.69. The first kappa shape index (κ1) is 20.0. The van der Waals surface area contributed by atoms with E-state index in [1.54, 1.807) is 0 Å². The fraction of sp³-hybridized carbons (Fsp3) is 0.818. The molecule has 0 radical (unpaired) electrons. The molecule has 0 spiro atoms. The number of Topliss-reactive ketones (excluding diaryl/α,β-unsaturated/α-hetero) is 2. The maximum Gasteiger partial charge on any atom is 0.174 e. The van der Waals surface area contributed by atoms with Crippen molar-refractivity contribution in [2.24, 2.45) is 34.5 Å². The van der Waals surface area contributed by atoms with Crippen molar-refractivity contribution in [2.45, 2.75) is 71.0 Å². The Labute approximate surface area is 175 Å². The van der Waals surface area contributed by atoms with E-state index in [9.17, 15) is 19.8 Å². The van der Waals surface area contributed by atoms with E-state index >= 15 is 0 Å². The summed E-state index contributed by atoms with van der Waals surface area (Å²) in [5, 5.41) is 22.7. The zero-order chi connectivity index (χ0) is 19.8. The molecule has 3 saturated carbocycles. The zero-order valence-electron chi connectivity index (χ0n) is 16.5. The average Bonchev–Trinajstić information content (AvgIpc) is 2.88. The quantitative estimate of drug-likeness (QED) is 0.356. The number of alkyl halides is 1. The van der Waals surface area contributed by atoms with Crippen LogP contribution in [0.5, 0.6) is 0 Å². The summed E-state index contributed by atoms with van der Waals surface area (Å²) < 4.78 is 0.292. The van der Waals surface area contributed by atoms with Crippen molar-refractivity contribution in [1.82, 2.24) is 0 Å². The highest BCUT2D eigenvalue weighted by Gasteiger charge is 2.69. The summed E-state index contributed by atoms with van der Waals surface area (Å²) >= 11 is 2.03. The van der Waals surface area contributed by atoms with E-state index in [0.717, 1.165) is 19.3 Å². The van der Waals surface area contributed by atoms with Gasteiger partial charge < -0.3 is 10.2 Å². The number of fused-ring (bicyclic) bond motifs is 5. The number of allylic oxidation sites excluding steroid dienone is 2. The average molecular weight is 486 g/mol. The summed E-state index contributed by atoms with van der Waals surface area (Å²) in [7, 11) is 0. The Hall–Kier alpha value is -0.270. The molecule has 0 aliphatic heterocycles. The van der Waals surface area contributed by atoms with Crippen molar-refractivity contribution in [3.05, 3.63) is 11.6 Å². The maximum absolute atomic E-state index is 13.1. The van der Waals surface area contributed by atoms with Crippen LogP contribution < -0.4 is 0 Å². The lowest BCUT2D eigenvalue weighted by Crippen LogP contribution is -2.63. The maximum atomic E-state index is 13.1. The van der Waals surface area contributed by atoms with Gasteiger partial charge in [0, 0.05) is 17.8 Å². The Kier molecular flexibility index (Phi) is 4.72. The van der Waals surface area contributed by atoms with Crippen LogP contribution in [0.1, 0.15) is 59.3 Å². The SMILES string of the molecule is CC1C[C@@H]2[C@H](C(O)C[C@@]3(C)[C@H]2CC[C@]3(O)C(=O)CI)[C@@]2(C)C(=O)CCC=C12. The van der Waals surface area contributed by atoms with Gasteiger partial charge in [0.05, 0.1) is 15.9 Å². The standard InChI is InChI=1S/C22H31IO4/c1-12-9-13-15-7-8-22(27,18(26)11-23)20(15,2)10-16(24)19(13)21(3)14(12)5-4-6-17(21)25/h5,12-13,15-16,19,24,27H,4,6-11H2,1-3H3/t12?,13-,15-,16?,19+,20-,21+,22-/m0/s1. The van der Waals surface area contributed by atoms with Crippen LogP contribution in [0.25, 0.3) is 0 Å². The largest absolute Gasteiger partial charge is 0.393 e. The van der Waals surface area contributed by atoms with Crippen molar-refractivity contribution in [3.63, 3.8) is 0 Å². The lowest BCUT2D eigenvalue weighted by atomic mass is 9.43. The number of carbonyl (C=O) groups excluding carboxylic acids is 2. The molecule has 0 aromatic heterocycles. The van der Waals surface area contributed by atoms with Crippen LogP contribution >= 0.6 is 22.6 Å². The Morgan fingerprint density at radius 2 is 2.07 bits per heavy atom. The van der Waals surface area contributed by atoms with Crippen molar-refractivity contribution >= 4 is 34.2 Å². The molecule has 8 atom stereocenters. The van der Waals surface area contributed by atoms with Gasteiger partial charge in [-0.05, 0) is 56.8 Å². The first-order chi connectivity index (χ1) is 12.6. The van der Waals surface area contributed by atoms with E-state index in [1.807, 2.05) is 29.5 Å². The van der Waals surface area contributed by atoms with Gasteiger partial charge in [-0.3, -0.25) is 9.59 Å². The lowest BCUT2D eigenvalue weighted by molar-refractivity contribution is -0.183. The number of aliphatic hydroxyl groups is 2. The van der Waals surface area contributed by atoms with Crippen LogP contribution in [0.4, 0.5) is 0 Å². The molecular formula is C22H31IO4. The predicted octanol–water partition coefficient (Wildman–Crippen LogP) is 3.47. The molecular weight excluding hydrogens is 455 g/mol. The minimum atomic E-state index is -1.35. The third-order valence-corrected chi connectivity index (χ3v) is 9.62. The molecule has 0 saturated heterocycles. The minimum Gasteiger partial charge on any atom is -0.393 e. The summed E-state index contributed by atoms with van der Waals surface area (Å²) in [5.41, 5.74) is -1.32. The van der Waals surface area contributed by atoms with Crippen LogP contribution in [-0.2, 0) is 9.59 Å². The molecule has 0 aromatic carbocycles. The molecule has 0 heterocycles. The number of aliphatic hydroxyl groups excluding tert-OH is 1. The van der Waals surface area contributed by atoms with Crippen LogP contribution in [0.3, 0.4) is 0 Å². The number of halogens is 1. The van der Waals surface area contributed by atoms with Crippen LogP contribution in [0.15, 0.2) is 11.6 Å². The summed E-state index contributed by atoms with van der Waals surface area (Å²) in [6, 6.07) is 0. The van der Waals surface area contributed by atoms with Crippen molar-refractivity contribution in [1.29, 1.82) is 0 Å². The van der Waals surface area contributed by atoms with Crippen molar-refractivity contribution < 1.29 is 19.8 Å². The minimum absolute atomic E-state index is 0.0946. The summed E-state index contributed by atoms with van der Waals surface area (Å²) in [5.74, 6) is 0.725. The van der Waals surface area contributed by atoms with Gasteiger partial charge in [-0.2, -0.15) is 0 Å². The molecule has 2 unspecified atom stereocenters. The lowest BCUT2D eigenvalue weighted by Gasteiger charge is -2.61. The smallest absolute Gasteiger partial charge is 0.174 e. The Morgan fingerprint density at radius 1 is 1.37 bits per heavy atom. The van der Waals surface area contributed by atoms with Gasteiger partial charge in [0.2, 0.25) is 0 Å². The van der Waals surface area contributed by atoms with Gasteiger partial charge in [0.25, 0.3) is 0 Å². The third kappa shape index (κ3) is 2.40. The molecule has 4 nitrogen and oxygen atoms in total. The fourth-order valence-corrected chi connectivity index (χ4v) is 8.32. The second-order valence-electron chi connectivity index (χ2n) is 9.90. The first-order valence-corrected chi connectivity index (χ1v) is 11.9. The van der Waals surface area contributed by atoms with Gasteiger partial charge in [0.1, 0.15) is 11.4 Å². The first-order valence-electron chi connectivity index (χ1n) is 10.3. The van der Waals surface area contributed by atoms with E-state index in [0.29, 0.717) is 29.6 Å². The third-order valence-electron chi connectivity index (χ3n) is 8.93. The monoisotopic (exact) mass is 486 g/mol. The summed E-state index contributed by atoms with van der Waals surface area (Å²) in [6.45, 7) is 6.26. The van der Waals surface area contributed by atoms with Crippen LogP contribution in [0, 0.1) is 34.5 Å². The number of carbonyl (C=O) groups is 2. The molecule has 5 heteroatoms. The highest BCUT2D eigenvalue weighted by atomic mass is 127. The van der Waals surface area contributed by atoms with Gasteiger partial charge in [-0.25, -0.2) is 0 Å². The van der Waals surface area contributed by atoms with Crippen molar-refractivity contribution in [2.75, 3.05) is 4.43 Å². The van der Waals surface area contributed by atoms with E-state index in [2.05, 4.69) is 19.9 Å². The second-order valence-corrected chi connectivity index (χ2v) is 10.7. The predicted molar refractivity (Wildman–Crippen MR) is 111 cm³/mol. The normalized spacial score (nSPS) is 51.9. The van der Waals surface area contributed by atoms with E-state index < -0.39 is 22.5 Å².